The van der Waals surface area contributed by atoms with Gasteiger partial charge in [0.25, 0.3) is 0 Å². The molecule has 0 radical (unpaired) electrons. The van der Waals surface area contributed by atoms with Crippen molar-refractivity contribution in [1.29, 1.82) is 0 Å². The summed E-state index contributed by atoms with van der Waals surface area (Å²) >= 11 is 0. The van der Waals surface area contributed by atoms with Gasteiger partial charge in [-0.2, -0.15) is 0 Å². The van der Waals surface area contributed by atoms with Crippen LogP contribution in [0.1, 0.15) is 32.0 Å². The third-order valence-corrected chi connectivity index (χ3v) is 5.55. The highest BCUT2D eigenvalue weighted by Gasteiger charge is 2.23. The molecule has 4 rings (SSSR count). The number of hydrogen-bond donors (Lipinski definition) is 3. The fourth-order valence-electron chi connectivity index (χ4n) is 3.74. The average Bonchev–Trinajstić information content (AvgIpc) is 3.48. The largest absolute Gasteiger partial charge is 0.497 e. The molecule has 0 fully saturated rings. The second kappa shape index (κ2) is 11.3. The van der Waals surface area contributed by atoms with Gasteiger partial charge in [0.15, 0.2) is 23.1 Å². The molecule has 3 aromatic heterocycles. The Morgan fingerprint density at radius 3 is 2.62 bits per heavy atom. The summed E-state index contributed by atoms with van der Waals surface area (Å²) in [7, 11) is 1.66. The van der Waals surface area contributed by atoms with Crippen molar-refractivity contribution in [2.24, 2.45) is 0 Å². The van der Waals surface area contributed by atoms with E-state index in [1.165, 1.54) is 5.56 Å². The van der Waals surface area contributed by atoms with Crippen molar-refractivity contribution in [3.8, 4) is 34.9 Å². The molecular weight excluding hydrogens is 474 g/mol. The summed E-state index contributed by atoms with van der Waals surface area (Å²) in [6.45, 7) is 7.61. The molecule has 0 atom stereocenters. The molecule has 0 saturated heterocycles. The van der Waals surface area contributed by atoms with E-state index in [1.54, 1.807) is 27.2 Å². The zero-order valence-electron chi connectivity index (χ0n) is 21.4. The minimum Gasteiger partial charge on any atom is -0.497 e. The molecular formula is C26H31N7O4. The SMILES string of the molecule is CCn1c(-c2nonc2N)nc2c(C#CC(C)(C)O)ncc(OCCNCCc3ccc(OC)cc3)c21. The molecule has 0 aliphatic heterocycles. The van der Waals surface area contributed by atoms with E-state index in [0.29, 0.717) is 53.7 Å². The van der Waals surface area contributed by atoms with Crippen molar-refractivity contribution in [2.75, 3.05) is 32.5 Å². The van der Waals surface area contributed by atoms with Crippen molar-refractivity contribution in [1.82, 2.24) is 30.2 Å². The number of methoxy groups -OCH3 is 1. The van der Waals surface area contributed by atoms with Crippen molar-refractivity contribution >= 4 is 16.9 Å². The molecule has 1 aromatic carbocycles. The number of imidazole rings is 1. The zero-order chi connectivity index (χ0) is 26.4. The van der Waals surface area contributed by atoms with Gasteiger partial charge in [0.1, 0.15) is 34.7 Å². The molecule has 0 aliphatic rings. The molecule has 0 spiro atoms. The Morgan fingerprint density at radius 2 is 1.97 bits per heavy atom. The quantitative estimate of drug-likeness (QED) is 0.217. The molecule has 4 aromatic rings. The second-order valence-corrected chi connectivity index (χ2v) is 8.85. The van der Waals surface area contributed by atoms with Crippen molar-refractivity contribution in [2.45, 2.75) is 39.3 Å². The number of aryl methyl sites for hydroxylation is 1. The maximum atomic E-state index is 10.1. The van der Waals surface area contributed by atoms with E-state index >= 15 is 0 Å². The minimum absolute atomic E-state index is 0.130. The van der Waals surface area contributed by atoms with Crippen LogP contribution in [0, 0.1) is 11.8 Å². The monoisotopic (exact) mass is 505 g/mol. The summed E-state index contributed by atoms with van der Waals surface area (Å²) in [6, 6.07) is 8.03. The van der Waals surface area contributed by atoms with Gasteiger partial charge in [0.2, 0.25) is 0 Å². The van der Waals surface area contributed by atoms with Crippen LogP contribution >= 0.6 is 0 Å². The lowest BCUT2D eigenvalue weighted by molar-refractivity contribution is 0.143. The first-order valence-corrected chi connectivity index (χ1v) is 12.0. The Kier molecular flexibility index (Phi) is 7.91. The fourth-order valence-corrected chi connectivity index (χ4v) is 3.74. The third kappa shape index (κ3) is 6.17. The predicted molar refractivity (Wildman–Crippen MR) is 139 cm³/mol. The van der Waals surface area contributed by atoms with Gasteiger partial charge in [-0.3, -0.25) is 0 Å². The van der Waals surface area contributed by atoms with Gasteiger partial charge in [0.05, 0.1) is 13.3 Å². The highest BCUT2D eigenvalue weighted by atomic mass is 16.6. The highest BCUT2D eigenvalue weighted by molar-refractivity contribution is 5.89. The lowest BCUT2D eigenvalue weighted by atomic mass is 10.1. The highest BCUT2D eigenvalue weighted by Crippen LogP contribution is 2.33. The van der Waals surface area contributed by atoms with Crippen LogP contribution in [-0.2, 0) is 13.0 Å². The first-order valence-electron chi connectivity index (χ1n) is 12.0. The van der Waals surface area contributed by atoms with Crippen LogP contribution in [0.25, 0.3) is 22.6 Å². The average molecular weight is 506 g/mol. The second-order valence-electron chi connectivity index (χ2n) is 8.85. The molecule has 11 heteroatoms. The number of pyridine rings is 1. The van der Waals surface area contributed by atoms with Crippen LogP contribution < -0.4 is 20.5 Å². The molecule has 4 N–H and O–H groups in total. The van der Waals surface area contributed by atoms with E-state index in [4.69, 9.17) is 24.8 Å². The molecule has 0 unspecified atom stereocenters. The van der Waals surface area contributed by atoms with Crippen LogP contribution in [-0.4, -0.2) is 62.4 Å². The maximum absolute atomic E-state index is 10.1. The van der Waals surface area contributed by atoms with Gasteiger partial charge in [-0.05, 0) is 67.7 Å². The van der Waals surface area contributed by atoms with E-state index in [-0.39, 0.29) is 5.82 Å². The normalized spacial score (nSPS) is 11.4. The molecule has 0 amide bonds. The number of aromatic nitrogens is 5. The Balaban J connectivity index is 1.53. The smallest absolute Gasteiger partial charge is 0.199 e. The number of nitrogens with zero attached hydrogens (tertiary/aromatic N) is 5. The predicted octanol–water partition coefficient (Wildman–Crippen LogP) is 2.43. The molecule has 3 heterocycles. The van der Waals surface area contributed by atoms with Gasteiger partial charge in [-0.25, -0.2) is 14.6 Å². The van der Waals surface area contributed by atoms with Crippen LogP contribution in [0.2, 0.25) is 0 Å². The lowest BCUT2D eigenvalue weighted by Gasteiger charge is -2.11. The van der Waals surface area contributed by atoms with Gasteiger partial charge in [-0.1, -0.05) is 18.1 Å². The lowest BCUT2D eigenvalue weighted by Crippen LogP contribution is -2.23. The first kappa shape index (κ1) is 25.9. The van der Waals surface area contributed by atoms with E-state index < -0.39 is 5.60 Å². The number of nitrogens with two attached hydrogens (primary N) is 1. The molecule has 0 saturated carbocycles. The number of anilines is 1. The van der Waals surface area contributed by atoms with E-state index in [1.807, 2.05) is 23.6 Å². The van der Waals surface area contributed by atoms with E-state index in [0.717, 1.165) is 18.7 Å². The van der Waals surface area contributed by atoms with Crippen LogP contribution in [0.4, 0.5) is 5.82 Å². The zero-order valence-corrected chi connectivity index (χ0v) is 21.4. The molecule has 11 nitrogen and oxygen atoms in total. The van der Waals surface area contributed by atoms with Gasteiger partial charge >= 0.3 is 0 Å². The Labute approximate surface area is 215 Å². The van der Waals surface area contributed by atoms with Crippen LogP contribution in [0.5, 0.6) is 11.5 Å². The number of nitrogens with one attached hydrogen (secondary N) is 1. The molecule has 37 heavy (non-hydrogen) atoms. The summed E-state index contributed by atoms with van der Waals surface area (Å²) < 4.78 is 18.0. The van der Waals surface area contributed by atoms with Crippen molar-refractivity contribution in [3.05, 3.63) is 41.7 Å². The first-order chi connectivity index (χ1) is 17.8. The number of benzene rings is 1. The summed E-state index contributed by atoms with van der Waals surface area (Å²) in [5, 5.41) is 21.1. The minimum atomic E-state index is -1.18. The number of hydrogen-bond acceptors (Lipinski definition) is 10. The summed E-state index contributed by atoms with van der Waals surface area (Å²) in [5.41, 5.74) is 7.94. The topological polar surface area (TPSA) is 146 Å². The Bertz CT molecular complexity index is 1410. The third-order valence-electron chi connectivity index (χ3n) is 5.55. The maximum Gasteiger partial charge on any atom is 0.199 e. The number of rotatable bonds is 10. The summed E-state index contributed by atoms with van der Waals surface area (Å²) in [5.74, 6) is 7.73. The number of aliphatic hydroxyl groups is 1. The van der Waals surface area contributed by atoms with Crippen LogP contribution in [0.3, 0.4) is 0 Å². The van der Waals surface area contributed by atoms with Crippen LogP contribution in [0.15, 0.2) is 35.1 Å². The number of fused-ring (bicyclic) bond motifs is 1. The standard InChI is InChI=1S/C26H31N7O4/c1-5-33-23-20(36-15-14-28-13-11-17-6-8-18(35-4)9-7-17)16-29-19(10-12-26(2,3)34)21(23)30-25(33)22-24(27)32-37-31-22/h6-9,16,28,34H,5,11,13-15H2,1-4H3,(H2,27,32). The van der Waals surface area contributed by atoms with Gasteiger partial charge in [-0.15, -0.1) is 0 Å². The Morgan fingerprint density at radius 1 is 1.19 bits per heavy atom. The number of nitrogen functional groups attached to an aromatic ring is 1. The molecule has 194 valence electrons. The Hall–Kier alpha value is -4.14. The van der Waals surface area contributed by atoms with Crippen molar-refractivity contribution < 1.29 is 19.2 Å². The van der Waals surface area contributed by atoms with Crippen molar-refractivity contribution in [3.63, 3.8) is 0 Å². The van der Waals surface area contributed by atoms with E-state index in [9.17, 15) is 5.11 Å². The van der Waals surface area contributed by atoms with E-state index in [2.05, 4.69) is 44.6 Å². The van der Waals surface area contributed by atoms with Gasteiger partial charge in [0, 0.05) is 13.1 Å². The molecule has 0 aliphatic carbocycles. The van der Waals surface area contributed by atoms with Gasteiger partial charge < -0.3 is 30.2 Å². The summed E-state index contributed by atoms with van der Waals surface area (Å²) in [6.07, 6.45) is 2.51. The molecule has 0 bridgehead atoms. The summed E-state index contributed by atoms with van der Waals surface area (Å²) in [4.78, 5) is 9.19. The fraction of sp³-hybridized carbons (Fsp3) is 0.385. The number of ether oxygens (including phenoxy) is 2.